The Balaban J connectivity index is 1.33. The molecule has 1 aliphatic heterocycles. The molecule has 0 saturated heterocycles. The van der Waals surface area contributed by atoms with Gasteiger partial charge in [0.25, 0.3) is 0 Å². The second kappa shape index (κ2) is 9.05. The predicted molar refractivity (Wildman–Crippen MR) is 129 cm³/mol. The zero-order chi connectivity index (χ0) is 22.0. The SMILES string of the molecule is NCC1=C[N+](C(=O)C2CC2)(c2ccc(Oc3ccc(C4CCCCC4)cc3)cc2)CC=C1. The van der Waals surface area contributed by atoms with Gasteiger partial charge < -0.3 is 10.5 Å². The van der Waals surface area contributed by atoms with Gasteiger partial charge in [0.1, 0.15) is 29.9 Å². The van der Waals surface area contributed by atoms with Crippen LogP contribution in [0, 0.1) is 5.92 Å². The molecule has 2 saturated carbocycles. The number of benzene rings is 2. The number of hydrogen-bond donors (Lipinski definition) is 1. The molecule has 4 nitrogen and oxygen atoms in total. The number of amides is 1. The zero-order valence-electron chi connectivity index (χ0n) is 18.7. The summed E-state index contributed by atoms with van der Waals surface area (Å²) in [7, 11) is 0. The van der Waals surface area contributed by atoms with Crippen molar-refractivity contribution in [1.29, 1.82) is 0 Å². The van der Waals surface area contributed by atoms with Gasteiger partial charge in [-0.3, -0.25) is 0 Å². The van der Waals surface area contributed by atoms with Gasteiger partial charge in [-0.15, -0.1) is 0 Å². The largest absolute Gasteiger partial charge is 0.457 e. The Labute approximate surface area is 191 Å². The summed E-state index contributed by atoms with van der Waals surface area (Å²) in [5, 5.41) is 0. The Hall–Kier alpha value is -2.69. The van der Waals surface area contributed by atoms with Crippen LogP contribution in [0.5, 0.6) is 11.5 Å². The summed E-state index contributed by atoms with van der Waals surface area (Å²) >= 11 is 0. The monoisotopic (exact) mass is 429 g/mol. The summed E-state index contributed by atoms with van der Waals surface area (Å²) in [6.45, 7) is 1.08. The highest BCUT2D eigenvalue weighted by Gasteiger charge is 2.47. The molecule has 1 heterocycles. The van der Waals surface area contributed by atoms with Gasteiger partial charge in [0.05, 0.1) is 5.92 Å². The minimum atomic E-state index is 0.162. The lowest BCUT2D eigenvalue weighted by atomic mass is 9.84. The second-order valence-corrected chi connectivity index (χ2v) is 9.47. The van der Waals surface area contributed by atoms with Crippen molar-refractivity contribution in [3.8, 4) is 11.5 Å². The van der Waals surface area contributed by atoms with E-state index in [1.165, 1.54) is 37.7 Å². The Morgan fingerprint density at radius 1 is 0.906 bits per heavy atom. The van der Waals surface area contributed by atoms with E-state index in [4.69, 9.17) is 10.5 Å². The van der Waals surface area contributed by atoms with Crippen molar-refractivity contribution in [3.05, 3.63) is 78.0 Å². The van der Waals surface area contributed by atoms with Crippen LogP contribution in [0.2, 0.25) is 0 Å². The van der Waals surface area contributed by atoms with Gasteiger partial charge in [-0.25, -0.2) is 4.79 Å². The molecule has 0 bridgehead atoms. The molecule has 3 aliphatic rings. The van der Waals surface area contributed by atoms with E-state index in [-0.39, 0.29) is 16.3 Å². The maximum Gasteiger partial charge on any atom is 0.326 e. The van der Waals surface area contributed by atoms with Gasteiger partial charge in [-0.2, -0.15) is 4.48 Å². The van der Waals surface area contributed by atoms with Gasteiger partial charge in [-0.05, 0) is 67.5 Å². The fourth-order valence-electron chi connectivity index (χ4n) is 5.15. The number of nitrogens with two attached hydrogens (primary N) is 1. The van der Waals surface area contributed by atoms with Crippen LogP contribution in [0.1, 0.15) is 56.4 Å². The number of hydrogen-bond acceptors (Lipinski definition) is 3. The van der Waals surface area contributed by atoms with E-state index < -0.39 is 0 Å². The third-order valence-electron chi connectivity index (χ3n) is 7.16. The van der Waals surface area contributed by atoms with Crippen LogP contribution in [-0.2, 0) is 4.79 Å². The number of carbonyl (C=O) groups excluding carboxylic acids is 1. The Kier molecular flexibility index (Phi) is 5.99. The Morgan fingerprint density at radius 2 is 1.56 bits per heavy atom. The quantitative estimate of drug-likeness (QED) is 0.558. The van der Waals surface area contributed by atoms with Crippen LogP contribution >= 0.6 is 0 Å². The molecule has 2 N–H and O–H groups in total. The Bertz CT molecular complexity index is 1010. The van der Waals surface area contributed by atoms with E-state index >= 15 is 0 Å². The van der Waals surface area contributed by atoms with Crippen molar-refractivity contribution < 1.29 is 9.53 Å². The molecule has 0 radical (unpaired) electrons. The van der Waals surface area contributed by atoms with E-state index in [0.29, 0.717) is 19.0 Å². The highest BCUT2D eigenvalue weighted by atomic mass is 16.5. The molecule has 2 aromatic rings. The molecule has 4 heteroatoms. The third kappa shape index (κ3) is 4.30. The van der Waals surface area contributed by atoms with Gasteiger partial charge in [0.15, 0.2) is 0 Å². The van der Waals surface area contributed by atoms with E-state index in [1.54, 1.807) is 0 Å². The average molecular weight is 430 g/mol. The summed E-state index contributed by atoms with van der Waals surface area (Å²) in [5.74, 6) is 2.77. The highest BCUT2D eigenvalue weighted by Crippen LogP contribution is 2.40. The van der Waals surface area contributed by atoms with E-state index in [0.717, 1.165) is 35.6 Å². The van der Waals surface area contributed by atoms with Crippen molar-refractivity contribution in [2.45, 2.75) is 50.9 Å². The first-order valence-electron chi connectivity index (χ1n) is 12.1. The molecule has 2 fully saturated rings. The van der Waals surface area contributed by atoms with Crippen molar-refractivity contribution in [2.24, 2.45) is 11.7 Å². The summed E-state index contributed by atoms with van der Waals surface area (Å²) in [6, 6.07) is 16.6. The normalized spacial score (nSPS) is 23.6. The van der Waals surface area contributed by atoms with Gasteiger partial charge >= 0.3 is 5.91 Å². The van der Waals surface area contributed by atoms with Crippen molar-refractivity contribution in [2.75, 3.05) is 13.1 Å². The van der Waals surface area contributed by atoms with Crippen LogP contribution in [0.25, 0.3) is 0 Å². The second-order valence-electron chi connectivity index (χ2n) is 9.47. The lowest BCUT2D eigenvalue weighted by molar-refractivity contribution is -0.129. The number of ether oxygens (including phenoxy) is 1. The van der Waals surface area contributed by atoms with Crippen LogP contribution in [0.4, 0.5) is 5.69 Å². The number of rotatable bonds is 6. The first-order valence-corrected chi connectivity index (χ1v) is 12.1. The number of quaternary nitrogens is 1. The molecule has 1 amide bonds. The molecule has 0 spiro atoms. The molecular formula is C28H33N2O2+. The molecule has 5 rings (SSSR count). The predicted octanol–water partition coefficient (Wildman–Crippen LogP) is 6.18. The zero-order valence-corrected chi connectivity index (χ0v) is 18.7. The topological polar surface area (TPSA) is 52.3 Å². The summed E-state index contributed by atoms with van der Waals surface area (Å²) in [5.41, 5.74) is 9.30. The lowest BCUT2D eigenvalue weighted by Crippen LogP contribution is -2.52. The van der Waals surface area contributed by atoms with Crippen LogP contribution in [-0.4, -0.2) is 19.0 Å². The van der Waals surface area contributed by atoms with Crippen molar-refractivity contribution in [1.82, 2.24) is 4.48 Å². The summed E-state index contributed by atoms with van der Waals surface area (Å²) in [6.07, 6.45) is 14.8. The molecule has 166 valence electrons. The van der Waals surface area contributed by atoms with E-state index in [1.807, 2.05) is 36.5 Å². The van der Waals surface area contributed by atoms with E-state index in [2.05, 4.69) is 30.3 Å². The summed E-state index contributed by atoms with van der Waals surface area (Å²) in [4.78, 5) is 13.3. The van der Waals surface area contributed by atoms with Crippen molar-refractivity contribution >= 4 is 11.6 Å². The molecule has 1 unspecified atom stereocenters. The Morgan fingerprint density at radius 3 is 2.19 bits per heavy atom. The minimum absolute atomic E-state index is 0.162. The smallest absolute Gasteiger partial charge is 0.326 e. The standard InChI is InChI=1S/C28H33N2O2/c29-19-21-5-4-18-30(20-21,28(31)24-8-9-24)25-12-16-27(17-13-25)32-26-14-10-23(11-15-26)22-6-2-1-3-7-22/h4-5,10-17,20,22,24H,1-3,6-9,18-19,29H2/q+1. The fraction of sp³-hybridized carbons (Fsp3) is 0.393. The molecule has 32 heavy (non-hydrogen) atoms. The lowest BCUT2D eigenvalue weighted by Gasteiger charge is -2.33. The average Bonchev–Trinajstić information content (AvgIpc) is 3.70. The highest BCUT2D eigenvalue weighted by molar-refractivity contribution is 5.94. The fourth-order valence-corrected chi connectivity index (χ4v) is 5.15. The molecule has 2 aliphatic carbocycles. The minimum Gasteiger partial charge on any atom is -0.457 e. The van der Waals surface area contributed by atoms with Gasteiger partial charge in [0, 0.05) is 24.3 Å². The number of nitrogens with zero attached hydrogens (tertiary/aromatic N) is 1. The summed E-state index contributed by atoms with van der Waals surface area (Å²) < 4.78 is 6.34. The molecule has 0 aromatic heterocycles. The first-order chi connectivity index (χ1) is 15.7. The van der Waals surface area contributed by atoms with Crippen LogP contribution < -0.4 is 15.0 Å². The van der Waals surface area contributed by atoms with Crippen LogP contribution in [0.3, 0.4) is 0 Å². The van der Waals surface area contributed by atoms with Crippen LogP contribution in [0.15, 0.2) is 72.5 Å². The number of carbonyl (C=O) groups is 1. The molecule has 1 atom stereocenters. The molecular weight excluding hydrogens is 396 g/mol. The first kappa shape index (κ1) is 21.2. The maximum absolute atomic E-state index is 13.3. The maximum atomic E-state index is 13.3. The van der Waals surface area contributed by atoms with Gasteiger partial charge in [-0.1, -0.05) is 37.5 Å². The van der Waals surface area contributed by atoms with Crippen molar-refractivity contribution in [3.63, 3.8) is 0 Å². The van der Waals surface area contributed by atoms with E-state index in [9.17, 15) is 4.79 Å². The molecule has 2 aromatic carbocycles. The van der Waals surface area contributed by atoms with Gasteiger partial charge in [0.2, 0.25) is 0 Å². The third-order valence-corrected chi connectivity index (χ3v) is 7.16.